The van der Waals surface area contributed by atoms with Crippen molar-refractivity contribution < 1.29 is 0 Å². The van der Waals surface area contributed by atoms with E-state index in [0.717, 1.165) is 35.9 Å². The molecule has 3 rings (SSSR count). The number of hydrogen-bond acceptors (Lipinski definition) is 4. The predicted octanol–water partition coefficient (Wildman–Crippen LogP) is 4.15. The van der Waals surface area contributed by atoms with Gasteiger partial charge in [-0.3, -0.25) is 5.10 Å². The Balaban J connectivity index is 0.00000280. The number of aromatic nitrogens is 3. The fraction of sp³-hybridized carbons (Fsp3) is 0.350. The number of nitrogens with zero attached hydrogens (tertiary/aromatic N) is 3. The number of rotatable bonds is 7. The lowest BCUT2D eigenvalue weighted by molar-refractivity contribution is 0.645. The first-order chi connectivity index (χ1) is 13.1. The monoisotopic (exact) mass is 510 g/mol. The molecule has 3 aromatic rings. The van der Waals surface area contributed by atoms with Gasteiger partial charge in [0.05, 0.1) is 6.54 Å². The maximum Gasteiger partial charge on any atom is 0.191 e. The van der Waals surface area contributed by atoms with Crippen LogP contribution in [0.3, 0.4) is 0 Å². The fourth-order valence-electron chi connectivity index (χ4n) is 2.83. The number of halogens is 1. The fourth-order valence-corrected chi connectivity index (χ4v) is 3.85. The van der Waals surface area contributed by atoms with Crippen molar-refractivity contribution in [2.45, 2.75) is 39.8 Å². The Bertz CT molecular complexity index is 874. The molecule has 0 aliphatic heterocycles. The van der Waals surface area contributed by atoms with E-state index in [1.54, 1.807) is 0 Å². The van der Waals surface area contributed by atoms with Gasteiger partial charge in [-0.1, -0.05) is 18.2 Å². The standard InChI is InChI=1S/C20H26N6S.HI/c1-4-21-20(25-14(2)10-18-9-8-15(3)27-18)22-12-16-6-5-7-17(11-16)19-23-13-24-26-19;/h5-9,11,13-14H,4,10,12H2,1-3H3,(H2,21,22,25)(H,23,24,26);1H. The minimum atomic E-state index is 0. The second-order valence-corrected chi connectivity index (χ2v) is 7.86. The number of guanidine groups is 1. The minimum absolute atomic E-state index is 0. The molecular formula is C20H27IN6S. The average Bonchev–Trinajstić information content (AvgIpc) is 3.32. The van der Waals surface area contributed by atoms with Gasteiger partial charge < -0.3 is 10.6 Å². The molecule has 0 amide bonds. The highest BCUT2D eigenvalue weighted by molar-refractivity contribution is 14.0. The van der Waals surface area contributed by atoms with Crippen LogP contribution in [0.1, 0.15) is 29.2 Å². The summed E-state index contributed by atoms with van der Waals surface area (Å²) in [7, 11) is 0. The molecule has 1 aromatic carbocycles. The van der Waals surface area contributed by atoms with Crippen LogP contribution in [0.5, 0.6) is 0 Å². The Morgan fingerprint density at radius 2 is 2.14 bits per heavy atom. The zero-order valence-electron chi connectivity index (χ0n) is 16.4. The topological polar surface area (TPSA) is 78.0 Å². The number of benzene rings is 1. The highest BCUT2D eigenvalue weighted by atomic mass is 127. The van der Waals surface area contributed by atoms with Gasteiger partial charge in [-0.05, 0) is 44.5 Å². The molecule has 0 spiro atoms. The normalized spacial score (nSPS) is 12.3. The van der Waals surface area contributed by atoms with Crippen LogP contribution < -0.4 is 10.6 Å². The Kier molecular flexibility index (Phi) is 8.91. The van der Waals surface area contributed by atoms with Gasteiger partial charge in [-0.15, -0.1) is 35.3 Å². The van der Waals surface area contributed by atoms with E-state index >= 15 is 0 Å². The highest BCUT2D eigenvalue weighted by Gasteiger charge is 2.08. The van der Waals surface area contributed by atoms with Crippen LogP contribution in [-0.2, 0) is 13.0 Å². The van der Waals surface area contributed by atoms with Crippen molar-refractivity contribution in [3.63, 3.8) is 0 Å². The first-order valence-corrected chi connectivity index (χ1v) is 10.0. The average molecular weight is 510 g/mol. The third-order valence-electron chi connectivity index (χ3n) is 4.07. The van der Waals surface area contributed by atoms with E-state index in [9.17, 15) is 0 Å². The van der Waals surface area contributed by atoms with Crippen LogP contribution in [0.25, 0.3) is 11.4 Å². The predicted molar refractivity (Wildman–Crippen MR) is 127 cm³/mol. The molecule has 0 saturated heterocycles. The molecular weight excluding hydrogens is 483 g/mol. The Hall–Kier alpha value is -1.94. The summed E-state index contributed by atoms with van der Waals surface area (Å²) in [5, 5.41) is 13.6. The van der Waals surface area contributed by atoms with Crippen molar-refractivity contribution in [1.82, 2.24) is 25.8 Å². The summed E-state index contributed by atoms with van der Waals surface area (Å²) in [6.07, 6.45) is 2.51. The zero-order valence-corrected chi connectivity index (χ0v) is 19.5. The number of thiophene rings is 1. The van der Waals surface area contributed by atoms with E-state index in [0.29, 0.717) is 12.6 Å². The Morgan fingerprint density at radius 1 is 1.29 bits per heavy atom. The Morgan fingerprint density at radius 3 is 2.82 bits per heavy atom. The third-order valence-corrected chi connectivity index (χ3v) is 5.09. The van der Waals surface area contributed by atoms with E-state index in [1.165, 1.54) is 16.1 Å². The SMILES string of the molecule is CCNC(=NCc1cccc(-c2ncn[nH]2)c1)NC(C)Cc1ccc(C)s1.I. The molecule has 1 atom stereocenters. The molecule has 8 heteroatoms. The summed E-state index contributed by atoms with van der Waals surface area (Å²) in [6, 6.07) is 12.9. The van der Waals surface area contributed by atoms with E-state index < -0.39 is 0 Å². The summed E-state index contributed by atoms with van der Waals surface area (Å²) in [6.45, 7) is 7.84. The first kappa shape index (κ1) is 22.4. The number of aryl methyl sites for hydroxylation is 1. The molecule has 28 heavy (non-hydrogen) atoms. The molecule has 0 aliphatic carbocycles. The number of nitrogens with one attached hydrogen (secondary N) is 3. The Labute approximate surface area is 187 Å². The molecule has 1 unspecified atom stereocenters. The molecule has 0 bridgehead atoms. The van der Waals surface area contributed by atoms with Crippen molar-refractivity contribution in [1.29, 1.82) is 0 Å². The van der Waals surface area contributed by atoms with Gasteiger partial charge in [0.15, 0.2) is 11.8 Å². The van der Waals surface area contributed by atoms with Gasteiger partial charge in [-0.25, -0.2) is 9.98 Å². The van der Waals surface area contributed by atoms with Gasteiger partial charge in [0.25, 0.3) is 0 Å². The molecule has 0 aliphatic rings. The largest absolute Gasteiger partial charge is 0.357 e. The second-order valence-electron chi connectivity index (χ2n) is 6.49. The summed E-state index contributed by atoms with van der Waals surface area (Å²) < 4.78 is 0. The lowest BCUT2D eigenvalue weighted by Crippen LogP contribution is -2.43. The summed E-state index contributed by atoms with van der Waals surface area (Å²) in [5.41, 5.74) is 2.14. The number of aliphatic imine (C=N–C) groups is 1. The maximum absolute atomic E-state index is 4.74. The van der Waals surface area contributed by atoms with E-state index in [4.69, 9.17) is 4.99 Å². The van der Waals surface area contributed by atoms with E-state index in [2.05, 4.69) is 70.9 Å². The van der Waals surface area contributed by atoms with Gasteiger partial charge in [0, 0.05) is 34.3 Å². The molecule has 2 heterocycles. The van der Waals surface area contributed by atoms with Gasteiger partial charge >= 0.3 is 0 Å². The smallest absolute Gasteiger partial charge is 0.191 e. The summed E-state index contributed by atoms with van der Waals surface area (Å²) in [5.74, 6) is 1.61. The van der Waals surface area contributed by atoms with Gasteiger partial charge in [0.1, 0.15) is 6.33 Å². The second kappa shape index (κ2) is 11.2. The van der Waals surface area contributed by atoms with Crippen LogP contribution in [0.15, 0.2) is 47.7 Å². The molecule has 6 nitrogen and oxygen atoms in total. The summed E-state index contributed by atoms with van der Waals surface area (Å²) >= 11 is 1.85. The van der Waals surface area contributed by atoms with E-state index in [1.807, 2.05) is 23.5 Å². The number of H-pyrrole nitrogens is 1. The van der Waals surface area contributed by atoms with Crippen LogP contribution >= 0.6 is 35.3 Å². The van der Waals surface area contributed by atoms with Crippen LogP contribution in [-0.4, -0.2) is 33.7 Å². The van der Waals surface area contributed by atoms with Crippen LogP contribution in [0, 0.1) is 6.92 Å². The van der Waals surface area contributed by atoms with Crippen molar-refractivity contribution in [3.8, 4) is 11.4 Å². The maximum atomic E-state index is 4.74. The molecule has 2 aromatic heterocycles. The van der Waals surface area contributed by atoms with E-state index in [-0.39, 0.29) is 24.0 Å². The molecule has 3 N–H and O–H groups in total. The minimum Gasteiger partial charge on any atom is -0.357 e. The first-order valence-electron chi connectivity index (χ1n) is 9.19. The summed E-state index contributed by atoms with van der Waals surface area (Å²) in [4.78, 5) is 11.7. The molecule has 0 saturated carbocycles. The van der Waals surface area contributed by atoms with Crippen LogP contribution in [0.2, 0.25) is 0 Å². The lowest BCUT2D eigenvalue weighted by Gasteiger charge is -2.17. The molecule has 0 radical (unpaired) electrons. The third kappa shape index (κ3) is 6.59. The van der Waals surface area contributed by atoms with Crippen molar-refractivity contribution >= 4 is 41.3 Å². The van der Waals surface area contributed by atoms with Crippen LogP contribution in [0.4, 0.5) is 0 Å². The number of hydrogen-bond donors (Lipinski definition) is 3. The van der Waals surface area contributed by atoms with Crippen molar-refractivity contribution in [3.05, 3.63) is 58.0 Å². The quantitative estimate of drug-likeness (QED) is 0.254. The van der Waals surface area contributed by atoms with Crippen molar-refractivity contribution in [2.24, 2.45) is 4.99 Å². The van der Waals surface area contributed by atoms with Gasteiger partial charge in [-0.2, -0.15) is 5.10 Å². The molecule has 150 valence electrons. The zero-order chi connectivity index (χ0) is 19.1. The van der Waals surface area contributed by atoms with Crippen molar-refractivity contribution in [2.75, 3.05) is 6.54 Å². The molecule has 0 fully saturated rings. The van der Waals surface area contributed by atoms with Gasteiger partial charge in [0.2, 0.25) is 0 Å². The highest BCUT2D eigenvalue weighted by Crippen LogP contribution is 2.17. The number of aromatic amines is 1. The lowest BCUT2D eigenvalue weighted by atomic mass is 10.1.